The van der Waals surface area contributed by atoms with Crippen molar-refractivity contribution in [1.82, 2.24) is 4.90 Å². The van der Waals surface area contributed by atoms with Crippen LogP contribution in [0.2, 0.25) is 0 Å². The number of likely N-dealkylation sites (tertiary alicyclic amines) is 1. The first-order valence-electron chi connectivity index (χ1n) is 5.68. The molecule has 1 aliphatic heterocycles. The van der Waals surface area contributed by atoms with Crippen LogP contribution in [0, 0.1) is 5.92 Å². The summed E-state index contributed by atoms with van der Waals surface area (Å²) < 4.78 is 0. The van der Waals surface area contributed by atoms with Crippen molar-refractivity contribution < 1.29 is 9.90 Å². The maximum absolute atomic E-state index is 11.0. The summed E-state index contributed by atoms with van der Waals surface area (Å²) in [5.41, 5.74) is 5.24. The summed E-state index contributed by atoms with van der Waals surface area (Å²) in [6.07, 6.45) is 3.45. The molecule has 0 aromatic heterocycles. The largest absolute Gasteiger partial charge is 0.465 e. The van der Waals surface area contributed by atoms with Crippen LogP contribution in [0.1, 0.15) is 39.5 Å². The molecule has 4 heteroatoms. The minimum Gasteiger partial charge on any atom is -0.465 e. The Labute approximate surface area is 91.4 Å². The second-order valence-electron chi connectivity index (χ2n) is 5.06. The first-order chi connectivity index (χ1) is 6.97. The van der Waals surface area contributed by atoms with E-state index in [1.54, 1.807) is 4.90 Å². The smallest absolute Gasteiger partial charge is 0.407 e. The average molecular weight is 214 g/mol. The van der Waals surface area contributed by atoms with Crippen molar-refractivity contribution in [2.75, 3.05) is 13.1 Å². The Morgan fingerprint density at radius 2 is 2.20 bits per heavy atom. The molecule has 1 unspecified atom stereocenters. The van der Waals surface area contributed by atoms with E-state index >= 15 is 0 Å². The predicted molar refractivity (Wildman–Crippen MR) is 59.8 cm³/mol. The molecule has 0 spiro atoms. The number of rotatable bonds is 4. The molecule has 0 bridgehead atoms. The maximum Gasteiger partial charge on any atom is 0.407 e. The molecule has 0 saturated carbocycles. The van der Waals surface area contributed by atoms with Crippen LogP contribution < -0.4 is 5.73 Å². The number of amides is 1. The van der Waals surface area contributed by atoms with Gasteiger partial charge in [-0.2, -0.15) is 0 Å². The zero-order valence-electron chi connectivity index (χ0n) is 9.70. The van der Waals surface area contributed by atoms with E-state index in [0.717, 1.165) is 32.2 Å². The molecule has 0 radical (unpaired) electrons. The second-order valence-corrected chi connectivity index (χ2v) is 5.06. The lowest BCUT2D eigenvalue weighted by atomic mass is 9.93. The maximum atomic E-state index is 11.0. The van der Waals surface area contributed by atoms with Crippen LogP contribution in [0.25, 0.3) is 0 Å². The average Bonchev–Trinajstić information content (AvgIpc) is 2.41. The molecule has 1 aliphatic rings. The number of unbranched alkanes of at least 4 members (excludes halogenated alkanes) is 1. The van der Waals surface area contributed by atoms with Crippen molar-refractivity contribution in [3.05, 3.63) is 0 Å². The van der Waals surface area contributed by atoms with E-state index in [-0.39, 0.29) is 5.54 Å². The van der Waals surface area contributed by atoms with Gasteiger partial charge in [0.1, 0.15) is 0 Å². The van der Waals surface area contributed by atoms with Crippen molar-refractivity contribution in [2.45, 2.75) is 45.1 Å². The molecule has 0 aromatic carbocycles. The van der Waals surface area contributed by atoms with Gasteiger partial charge < -0.3 is 15.7 Å². The van der Waals surface area contributed by atoms with Crippen LogP contribution in [0.4, 0.5) is 4.79 Å². The molecule has 0 aliphatic carbocycles. The molecule has 1 rings (SSSR count). The standard InChI is InChI=1S/C11H22N2O2/c1-11(2)7-9(5-3-4-6-12)8-13(11)10(14)15/h9H,3-8,12H2,1-2H3,(H,14,15). The van der Waals surface area contributed by atoms with Gasteiger partial charge in [-0.3, -0.25) is 0 Å². The fourth-order valence-corrected chi connectivity index (χ4v) is 2.49. The summed E-state index contributed by atoms with van der Waals surface area (Å²) in [5, 5.41) is 9.04. The van der Waals surface area contributed by atoms with Gasteiger partial charge in [0.2, 0.25) is 0 Å². The van der Waals surface area contributed by atoms with Crippen molar-refractivity contribution in [1.29, 1.82) is 0 Å². The number of hydrogen-bond acceptors (Lipinski definition) is 2. The summed E-state index contributed by atoms with van der Waals surface area (Å²) in [6.45, 7) is 5.43. The van der Waals surface area contributed by atoms with Gasteiger partial charge in [-0.05, 0) is 45.6 Å². The number of hydrogen-bond donors (Lipinski definition) is 2. The molecule has 1 atom stereocenters. The number of nitrogens with two attached hydrogens (primary N) is 1. The predicted octanol–water partition coefficient (Wildman–Crippen LogP) is 1.89. The second kappa shape index (κ2) is 4.84. The van der Waals surface area contributed by atoms with Gasteiger partial charge in [0.25, 0.3) is 0 Å². The van der Waals surface area contributed by atoms with E-state index in [9.17, 15) is 4.79 Å². The van der Waals surface area contributed by atoms with Gasteiger partial charge >= 0.3 is 6.09 Å². The fourth-order valence-electron chi connectivity index (χ4n) is 2.49. The Morgan fingerprint density at radius 3 is 2.67 bits per heavy atom. The van der Waals surface area contributed by atoms with Crippen LogP contribution in [0.5, 0.6) is 0 Å². The van der Waals surface area contributed by atoms with Crippen LogP contribution in [-0.2, 0) is 0 Å². The quantitative estimate of drug-likeness (QED) is 0.702. The third-order valence-electron chi connectivity index (χ3n) is 3.26. The number of carbonyl (C=O) groups is 1. The first-order valence-corrected chi connectivity index (χ1v) is 5.68. The number of nitrogens with zero attached hydrogens (tertiary/aromatic N) is 1. The van der Waals surface area contributed by atoms with Gasteiger partial charge in [-0.15, -0.1) is 0 Å². The highest BCUT2D eigenvalue weighted by molar-refractivity contribution is 5.66. The van der Waals surface area contributed by atoms with Crippen LogP contribution in [0.3, 0.4) is 0 Å². The highest BCUT2D eigenvalue weighted by atomic mass is 16.4. The lowest BCUT2D eigenvalue weighted by Gasteiger charge is -2.28. The van der Waals surface area contributed by atoms with E-state index < -0.39 is 6.09 Å². The van der Waals surface area contributed by atoms with Gasteiger partial charge in [0.15, 0.2) is 0 Å². The minimum absolute atomic E-state index is 0.195. The molecular formula is C11H22N2O2. The van der Waals surface area contributed by atoms with Gasteiger partial charge in [-0.1, -0.05) is 6.42 Å². The Morgan fingerprint density at radius 1 is 1.53 bits per heavy atom. The molecular weight excluding hydrogens is 192 g/mol. The van der Waals surface area contributed by atoms with Crippen LogP contribution >= 0.6 is 0 Å². The summed E-state index contributed by atoms with van der Waals surface area (Å²) in [6, 6.07) is 0. The minimum atomic E-state index is -0.790. The Kier molecular flexibility index (Phi) is 3.97. The summed E-state index contributed by atoms with van der Waals surface area (Å²) in [5.74, 6) is 0.516. The fraction of sp³-hybridized carbons (Fsp3) is 0.909. The summed E-state index contributed by atoms with van der Waals surface area (Å²) in [4.78, 5) is 12.6. The Hall–Kier alpha value is -0.770. The molecule has 4 nitrogen and oxygen atoms in total. The Balaban J connectivity index is 2.43. The third-order valence-corrected chi connectivity index (χ3v) is 3.26. The molecule has 1 fully saturated rings. The highest BCUT2D eigenvalue weighted by Crippen LogP contribution is 2.34. The van der Waals surface area contributed by atoms with Crippen molar-refractivity contribution in [3.63, 3.8) is 0 Å². The summed E-state index contributed by atoms with van der Waals surface area (Å²) >= 11 is 0. The normalized spacial score (nSPS) is 24.5. The molecule has 88 valence electrons. The number of carboxylic acid groups (broad SMARTS) is 1. The molecule has 1 heterocycles. The SMILES string of the molecule is CC1(C)CC(CCCCN)CN1C(=O)O. The highest BCUT2D eigenvalue weighted by Gasteiger charge is 2.40. The summed E-state index contributed by atoms with van der Waals surface area (Å²) in [7, 11) is 0. The van der Waals surface area contributed by atoms with Crippen molar-refractivity contribution in [2.24, 2.45) is 11.7 Å². The molecule has 0 aromatic rings. The first kappa shape index (κ1) is 12.3. The van der Waals surface area contributed by atoms with Gasteiger partial charge in [0, 0.05) is 12.1 Å². The van der Waals surface area contributed by atoms with Crippen molar-refractivity contribution >= 4 is 6.09 Å². The monoisotopic (exact) mass is 214 g/mol. The molecule has 1 saturated heterocycles. The molecule has 1 amide bonds. The lowest BCUT2D eigenvalue weighted by Crippen LogP contribution is -2.41. The van der Waals surface area contributed by atoms with E-state index in [4.69, 9.17) is 10.8 Å². The van der Waals surface area contributed by atoms with Crippen LogP contribution in [-0.4, -0.2) is 34.7 Å². The van der Waals surface area contributed by atoms with E-state index in [2.05, 4.69) is 0 Å². The van der Waals surface area contributed by atoms with Crippen molar-refractivity contribution in [3.8, 4) is 0 Å². The molecule has 15 heavy (non-hydrogen) atoms. The molecule has 3 N–H and O–H groups in total. The lowest BCUT2D eigenvalue weighted by molar-refractivity contribution is 0.117. The van der Waals surface area contributed by atoms with E-state index in [1.807, 2.05) is 13.8 Å². The zero-order chi connectivity index (χ0) is 11.5. The topological polar surface area (TPSA) is 66.6 Å². The van der Waals surface area contributed by atoms with Gasteiger partial charge in [-0.25, -0.2) is 4.79 Å². The van der Waals surface area contributed by atoms with E-state index in [0.29, 0.717) is 12.5 Å². The third kappa shape index (κ3) is 3.09. The van der Waals surface area contributed by atoms with E-state index in [1.165, 1.54) is 0 Å². The zero-order valence-corrected chi connectivity index (χ0v) is 9.70. The Bertz CT molecular complexity index is 229. The van der Waals surface area contributed by atoms with Crippen LogP contribution in [0.15, 0.2) is 0 Å². The van der Waals surface area contributed by atoms with Gasteiger partial charge in [0.05, 0.1) is 0 Å².